The molecule has 1 unspecified atom stereocenters. The predicted octanol–water partition coefficient (Wildman–Crippen LogP) is 4.95. The van der Waals surface area contributed by atoms with Gasteiger partial charge in [-0.3, -0.25) is 14.7 Å². The van der Waals surface area contributed by atoms with Crippen LogP contribution in [-0.4, -0.2) is 25.8 Å². The number of hydrogen-bond acceptors (Lipinski definition) is 6. The maximum absolute atomic E-state index is 13.6. The van der Waals surface area contributed by atoms with Gasteiger partial charge < -0.3 is 5.73 Å². The van der Waals surface area contributed by atoms with Crippen LogP contribution in [0, 0.1) is 5.82 Å². The van der Waals surface area contributed by atoms with E-state index in [4.69, 9.17) is 17.3 Å². The number of nitrogens with zero attached hydrogens (tertiary/aromatic N) is 5. The normalized spacial score (nSPS) is 14.7. The molecule has 1 aliphatic rings. The largest absolute Gasteiger partial charge is 0.382 e. The van der Waals surface area contributed by atoms with E-state index in [1.54, 1.807) is 24.5 Å². The first-order valence-electron chi connectivity index (χ1n) is 9.76. The molecule has 2 aromatic carbocycles. The molecule has 3 heterocycles. The van der Waals surface area contributed by atoms with Crippen LogP contribution in [0.4, 0.5) is 21.7 Å². The molecule has 1 amide bonds. The third kappa shape index (κ3) is 4.12. The highest BCUT2D eigenvalue weighted by molar-refractivity contribution is 6.31. The van der Waals surface area contributed by atoms with E-state index in [1.807, 2.05) is 18.2 Å². The molecule has 166 valence electrons. The van der Waals surface area contributed by atoms with Crippen molar-refractivity contribution in [1.29, 1.82) is 0 Å². The Morgan fingerprint density at radius 2 is 1.73 bits per heavy atom. The first-order chi connectivity index (χ1) is 15.5. The number of anilines is 3. The number of benzene rings is 2. The fourth-order valence-corrected chi connectivity index (χ4v) is 4.06. The van der Waals surface area contributed by atoms with E-state index in [0.717, 1.165) is 22.3 Å². The van der Waals surface area contributed by atoms with Gasteiger partial charge in [-0.05, 0) is 52.9 Å². The molecule has 7 nitrogen and oxygen atoms in total. The first-order valence-corrected chi connectivity index (χ1v) is 10.1. The molecule has 0 aliphatic carbocycles. The van der Waals surface area contributed by atoms with Crippen LogP contribution in [0.3, 0.4) is 0 Å². The third-order valence-electron chi connectivity index (χ3n) is 5.34. The minimum absolute atomic E-state index is 0. The maximum Gasteiger partial charge on any atom is 0.240 e. The van der Waals surface area contributed by atoms with E-state index < -0.39 is 11.7 Å². The van der Waals surface area contributed by atoms with Crippen LogP contribution in [0.1, 0.15) is 24.5 Å². The summed E-state index contributed by atoms with van der Waals surface area (Å²) in [5.41, 5.74) is 9.69. The number of fused-ring (bicyclic) bond motifs is 1. The molecule has 33 heavy (non-hydrogen) atoms. The molecule has 0 saturated carbocycles. The van der Waals surface area contributed by atoms with Crippen molar-refractivity contribution in [1.82, 2.24) is 19.9 Å². The molecule has 0 fully saturated rings. The van der Waals surface area contributed by atoms with Crippen LogP contribution in [0.5, 0.6) is 0 Å². The molecule has 0 saturated heterocycles. The number of halogens is 2. The minimum atomic E-state index is -0.491. The van der Waals surface area contributed by atoms with E-state index >= 15 is 0 Å². The predicted molar refractivity (Wildman–Crippen MR) is 126 cm³/mol. The average molecular weight is 463 g/mol. The van der Waals surface area contributed by atoms with E-state index in [1.165, 1.54) is 29.7 Å². The van der Waals surface area contributed by atoms with Gasteiger partial charge in [0.2, 0.25) is 5.91 Å². The van der Waals surface area contributed by atoms with Crippen LogP contribution >= 0.6 is 11.6 Å². The van der Waals surface area contributed by atoms with Gasteiger partial charge in [0.25, 0.3) is 0 Å². The smallest absolute Gasteiger partial charge is 0.240 e. The summed E-state index contributed by atoms with van der Waals surface area (Å²) < 4.78 is 13.6. The van der Waals surface area contributed by atoms with Gasteiger partial charge in [-0.15, -0.1) is 0 Å². The van der Waals surface area contributed by atoms with Crippen molar-refractivity contribution in [2.24, 2.45) is 0 Å². The summed E-state index contributed by atoms with van der Waals surface area (Å²) in [6, 6.07) is 10.2. The Morgan fingerprint density at radius 3 is 2.45 bits per heavy atom. The number of carbonyl (C=O) groups is 1. The Morgan fingerprint density at radius 1 is 1.00 bits per heavy atom. The number of hydrogen-bond donors (Lipinski definition) is 1. The van der Waals surface area contributed by atoms with E-state index in [9.17, 15) is 9.18 Å². The summed E-state index contributed by atoms with van der Waals surface area (Å²) in [6.07, 6.45) is 8.15. The number of carbonyl (C=O) groups excluding carboxylic acids is 1. The number of nitrogen functional groups attached to an aromatic ring is 1. The molecule has 1 aliphatic heterocycles. The number of nitrogens with two attached hydrogens (primary N) is 1. The zero-order valence-corrected chi connectivity index (χ0v) is 17.4. The molecule has 1 atom stereocenters. The Labute approximate surface area is 195 Å². The molecule has 4 aromatic rings. The Balaban J connectivity index is 0.00000259. The molecule has 5 rings (SSSR count). The van der Waals surface area contributed by atoms with Gasteiger partial charge in [-0.25, -0.2) is 19.3 Å². The monoisotopic (exact) mass is 462 g/mol. The lowest BCUT2D eigenvalue weighted by Crippen LogP contribution is -2.26. The second kappa shape index (κ2) is 8.91. The summed E-state index contributed by atoms with van der Waals surface area (Å²) >= 11 is 5.98. The second-order valence-electron chi connectivity index (χ2n) is 7.38. The Hall–Kier alpha value is -3.91. The topological polar surface area (TPSA) is 97.9 Å². The molecular weight excluding hydrogens is 443 g/mol. The third-order valence-corrected chi connectivity index (χ3v) is 5.63. The fourth-order valence-electron chi connectivity index (χ4n) is 3.88. The summed E-state index contributed by atoms with van der Waals surface area (Å²) in [5, 5.41) is 0.0359. The first kappa shape index (κ1) is 22.3. The number of rotatable bonds is 4. The van der Waals surface area contributed by atoms with Gasteiger partial charge in [0.05, 0.1) is 29.0 Å². The van der Waals surface area contributed by atoms with Crippen LogP contribution in [0.25, 0.3) is 11.1 Å². The van der Waals surface area contributed by atoms with Crippen molar-refractivity contribution < 1.29 is 9.18 Å². The Kier molecular flexibility index (Phi) is 6.02. The van der Waals surface area contributed by atoms with E-state index in [0.29, 0.717) is 17.9 Å². The fraction of sp³-hybridized carbons (Fsp3) is 0.125. The molecule has 0 spiro atoms. The van der Waals surface area contributed by atoms with Crippen molar-refractivity contribution in [2.75, 3.05) is 10.6 Å². The molecule has 9 heteroatoms. The molecule has 0 radical (unpaired) electrons. The van der Waals surface area contributed by atoms with E-state index in [-0.39, 0.29) is 24.2 Å². The van der Waals surface area contributed by atoms with Gasteiger partial charge in [0, 0.05) is 12.4 Å². The van der Waals surface area contributed by atoms with Gasteiger partial charge >= 0.3 is 0 Å². The zero-order valence-electron chi connectivity index (χ0n) is 16.6. The van der Waals surface area contributed by atoms with Crippen molar-refractivity contribution in [2.45, 2.75) is 19.8 Å². The average Bonchev–Trinajstić information content (AvgIpc) is 3.07. The summed E-state index contributed by atoms with van der Waals surface area (Å²) in [7, 11) is 0. The van der Waals surface area contributed by atoms with Crippen molar-refractivity contribution in [3.63, 3.8) is 0 Å². The van der Waals surface area contributed by atoms with Gasteiger partial charge in [0.15, 0.2) is 5.82 Å². The molecule has 2 aromatic heterocycles. The number of aromatic nitrogens is 4. The van der Waals surface area contributed by atoms with Gasteiger partial charge in [-0.1, -0.05) is 31.2 Å². The lowest BCUT2D eigenvalue weighted by Gasteiger charge is -2.17. The van der Waals surface area contributed by atoms with Crippen molar-refractivity contribution >= 4 is 34.8 Å². The lowest BCUT2D eigenvalue weighted by molar-refractivity contribution is -0.118. The van der Waals surface area contributed by atoms with Crippen LogP contribution in [-0.2, 0) is 11.2 Å². The summed E-state index contributed by atoms with van der Waals surface area (Å²) in [4.78, 5) is 31.5. The Bertz CT molecular complexity index is 1330. The number of amides is 1. The second-order valence-corrected chi connectivity index (χ2v) is 7.79. The lowest BCUT2D eigenvalue weighted by atomic mass is 9.92. The van der Waals surface area contributed by atoms with E-state index in [2.05, 4.69) is 19.9 Å². The van der Waals surface area contributed by atoms with Crippen LogP contribution in [0.2, 0.25) is 5.02 Å². The van der Waals surface area contributed by atoms with Crippen molar-refractivity contribution in [3.05, 3.63) is 89.5 Å². The van der Waals surface area contributed by atoms with Crippen molar-refractivity contribution in [3.8, 4) is 11.1 Å². The van der Waals surface area contributed by atoms with Crippen LogP contribution < -0.4 is 10.6 Å². The molecular formula is C24H20ClFN6O. The SMILES string of the molecule is C.Nc1cncc(N2C(=O)C(Cc3cncnc3)c3cc(-c4ccc(F)c(Cl)c4)ccc32)n1. The zero-order chi connectivity index (χ0) is 22.2. The highest BCUT2D eigenvalue weighted by atomic mass is 35.5. The van der Waals surface area contributed by atoms with Gasteiger partial charge in [0.1, 0.15) is 18.0 Å². The minimum Gasteiger partial charge on any atom is -0.382 e. The quantitative estimate of drug-likeness (QED) is 0.461. The van der Waals surface area contributed by atoms with Crippen LogP contribution in [0.15, 0.2) is 67.5 Å². The molecule has 0 bridgehead atoms. The summed E-state index contributed by atoms with van der Waals surface area (Å²) in [6.45, 7) is 0. The maximum atomic E-state index is 13.6. The highest BCUT2D eigenvalue weighted by Crippen LogP contribution is 2.44. The molecule has 2 N–H and O–H groups in total. The highest BCUT2D eigenvalue weighted by Gasteiger charge is 2.39. The summed E-state index contributed by atoms with van der Waals surface area (Å²) in [5.74, 6) is -0.566. The van der Waals surface area contributed by atoms with Gasteiger partial charge in [-0.2, -0.15) is 0 Å². The standard InChI is InChI=1S/C23H16ClFN6O.CH4/c24-18-7-15(1-3-19(18)25)14-2-4-20-16(6-14)17(5-13-8-28-12-29-9-13)23(32)31(20)22-11-27-10-21(26)30-22;/h1-4,6-12,17H,5H2,(H2,26,30);1H4.